The molecule has 2 aromatic carbocycles. The van der Waals surface area contributed by atoms with Crippen molar-refractivity contribution in [2.24, 2.45) is 4.99 Å². The van der Waals surface area contributed by atoms with Crippen LogP contribution in [0, 0.1) is 10.1 Å². The molecule has 2 rings (SSSR count). The Bertz CT molecular complexity index is 905. The second-order valence-electron chi connectivity index (χ2n) is 4.77. The summed E-state index contributed by atoms with van der Waals surface area (Å²) in [6, 6.07) is 11.5. The van der Waals surface area contributed by atoms with Crippen molar-refractivity contribution in [2.75, 3.05) is 0 Å². The second-order valence-corrected chi connectivity index (χ2v) is 6.45. The highest BCUT2D eigenvalue weighted by Gasteiger charge is 2.14. The molecule has 0 radical (unpaired) electrons. The third kappa shape index (κ3) is 4.46. The number of nitrogens with one attached hydrogen (secondary N) is 1. The molecule has 1 amide bonds. The number of carbonyl (C=O) groups excluding carboxylic acids is 1. The molecule has 0 heterocycles. The molecule has 0 aliphatic heterocycles. The van der Waals surface area contributed by atoms with Gasteiger partial charge in [-0.05, 0) is 29.8 Å². The summed E-state index contributed by atoms with van der Waals surface area (Å²) < 4.78 is 25.5. The Morgan fingerprint density at radius 2 is 1.88 bits per heavy atom. The molecular formula is C15H13N3O5S. The number of hydrogen-bond donors (Lipinski definition) is 1. The van der Waals surface area contributed by atoms with E-state index in [2.05, 4.69) is 4.99 Å². The summed E-state index contributed by atoms with van der Waals surface area (Å²) in [6.07, 6.45) is 1.43. The molecule has 8 nitrogen and oxygen atoms in total. The van der Waals surface area contributed by atoms with Crippen LogP contribution in [-0.2, 0) is 14.8 Å². The summed E-state index contributed by atoms with van der Waals surface area (Å²) in [5, 5.41) is 10.7. The Hall–Kier alpha value is -3.07. The Morgan fingerprint density at radius 1 is 1.21 bits per heavy atom. The summed E-state index contributed by atoms with van der Waals surface area (Å²) in [5.74, 6) is -0.678. The number of rotatable bonds is 5. The fourth-order valence-corrected chi connectivity index (χ4v) is 2.82. The van der Waals surface area contributed by atoms with Crippen molar-refractivity contribution < 1.29 is 18.1 Å². The molecule has 0 fully saturated rings. The van der Waals surface area contributed by atoms with E-state index in [9.17, 15) is 23.3 Å². The van der Waals surface area contributed by atoms with E-state index in [4.69, 9.17) is 0 Å². The number of aliphatic imine (C=N–C) groups is 1. The van der Waals surface area contributed by atoms with Gasteiger partial charge in [0.05, 0.1) is 15.5 Å². The van der Waals surface area contributed by atoms with Crippen LogP contribution in [0.25, 0.3) is 0 Å². The highest BCUT2D eigenvalue weighted by molar-refractivity contribution is 7.90. The normalized spacial score (nSPS) is 11.4. The quantitative estimate of drug-likeness (QED) is 0.505. The first-order valence-corrected chi connectivity index (χ1v) is 8.18. The first-order valence-electron chi connectivity index (χ1n) is 6.70. The van der Waals surface area contributed by atoms with Crippen LogP contribution >= 0.6 is 0 Å². The maximum absolute atomic E-state index is 11.8. The standard InChI is InChI=1S/C15H13N3O5S/c1-11(19)17-24(22,23)15-7-5-13(6-8-15)16-10-12-3-2-4-14(9-12)18(20)21/h2-10H,1H3,(H,17,19). The van der Waals surface area contributed by atoms with Gasteiger partial charge in [0, 0.05) is 25.3 Å². The van der Waals surface area contributed by atoms with Gasteiger partial charge >= 0.3 is 0 Å². The van der Waals surface area contributed by atoms with Gasteiger partial charge in [0.1, 0.15) is 0 Å². The van der Waals surface area contributed by atoms with E-state index in [1.165, 1.54) is 42.6 Å². The molecule has 0 saturated carbocycles. The van der Waals surface area contributed by atoms with Gasteiger partial charge < -0.3 is 0 Å². The lowest BCUT2D eigenvalue weighted by molar-refractivity contribution is -0.384. The van der Waals surface area contributed by atoms with Gasteiger partial charge in [-0.15, -0.1) is 0 Å². The van der Waals surface area contributed by atoms with Gasteiger partial charge in [-0.1, -0.05) is 12.1 Å². The Kier molecular flexibility index (Phi) is 5.05. The molecule has 0 atom stereocenters. The van der Waals surface area contributed by atoms with Crippen LogP contribution < -0.4 is 4.72 Å². The predicted octanol–water partition coefficient (Wildman–Crippen LogP) is 2.17. The van der Waals surface area contributed by atoms with E-state index >= 15 is 0 Å². The van der Waals surface area contributed by atoms with Crippen molar-refractivity contribution in [2.45, 2.75) is 11.8 Å². The van der Waals surface area contributed by atoms with Crippen LogP contribution in [-0.4, -0.2) is 25.5 Å². The molecule has 0 aromatic heterocycles. The summed E-state index contributed by atoms with van der Waals surface area (Å²) in [7, 11) is -3.88. The van der Waals surface area contributed by atoms with Crippen LogP contribution in [0.1, 0.15) is 12.5 Å². The van der Waals surface area contributed by atoms with E-state index in [0.29, 0.717) is 11.3 Å². The maximum atomic E-state index is 11.8. The maximum Gasteiger partial charge on any atom is 0.270 e. The minimum atomic E-state index is -3.88. The van der Waals surface area contributed by atoms with Crippen LogP contribution in [0.3, 0.4) is 0 Å². The number of non-ortho nitro benzene ring substituents is 1. The average Bonchev–Trinajstić information content (AvgIpc) is 2.52. The molecule has 24 heavy (non-hydrogen) atoms. The van der Waals surface area contributed by atoms with Crippen molar-refractivity contribution in [3.05, 3.63) is 64.2 Å². The average molecular weight is 347 g/mol. The van der Waals surface area contributed by atoms with Crippen molar-refractivity contribution in [1.29, 1.82) is 0 Å². The highest BCUT2D eigenvalue weighted by atomic mass is 32.2. The van der Waals surface area contributed by atoms with Gasteiger partial charge in [0.2, 0.25) is 5.91 Å². The number of nitro groups is 1. The SMILES string of the molecule is CC(=O)NS(=O)(=O)c1ccc(N=Cc2cccc([N+](=O)[O-])c2)cc1. The Labute approximate surface area is 138 Å². The zero-order valence-corrected chi connectivity index (χ0v) is 13.4. The number of carbonyl (C=O) groups is 1. The molecule has 0 spiro atoms. The zero-order valence-electron chi connectivity index (χ0n) is 12.5. The summed E-state index contributed by atoms with van der Waals surface area (Å²) in [4.78, 5) is 25.1. The first kappa shape index (κ1) is 17.3. The van der Waals surface area contributed by atoms with Crippen molar-refractivity contribution in [3.63, 3.8) is 0 Å². The first-order chi connectivity index (χ1) is 11.3. The number of nitrogens with zero attached hydrogens (tertiary/aromatic N) is 2. The largest absolute Gasteiger partial charge is 0.274 e. The minimum Gasteiger partial charge on any atom is -0.274 e. The smallest absolute Gasteiger partial charge is 0.270 e. The Balaban J connectivity index is 2.19. The number of amides is 1. The van der Waals surface area contributed by atoms with E-state index < -0.39 is 20.9 Å². The van der Waals surface area contributed by atoms with E-state index in [-0.39, 0.29) is 10.6 Å². The number of nitro benzene ring substituents is 1. The molecule has 9 heteroatoms. The number of benzene rings is 2. The second kappa shape index (κ2) is 7.01. The molecule has 0 saturated heterocycles. The topological polar surface area (TPSA) is 119 Å². The van der Waals surface area contributed by atoms with Gasteiger partial charge in [-0.2, -0.15) is 0 Å². The summed E-state index contributed by atoms with van der Waals surface area (Å²) in [5.41, 5.74) is 0.957. The third-order valence-electron chi connectivity index (χ3n) is 2.87. The van der Waals surface area contributed by atoms with Crippen molar-refractivity contribution in [1.82, 2.24) is 4.72 Å². The Morgan fingerprint density at radius 3 is 2.46 bits per heavy atom. The van der Waals surface area contributed by atoms with Crippen molar-refractivity contribution >= 4 is 33.5 Å². The van der Waals surface area contributed by atoms with Gasteiger partial charge in [-0.3, -0.25) is 19.9 Å². The lowest BCUT2D eigenvalue weighted by atomic mass is 10.2. The third-order valence-corrected chi connectivity index (χ3v) is 4.32. The van der Waals surface area contributed by atoms with E-state index in [1.54, 1.807) is 12.1 Å². The molecule has 2 aromatic rings. The fourth-order valence-electron chi connectivity index (χ4n) is 1.83. The fraction of sp³-hybridized carbons (Fsp3) is 0.0667. The van der Waals surface area contributed by atoms with Crippen LogP contribution in [0.5, 0.6) is 0 Å². The van der Waals surface area contributed by atoms with Crippen LogP contribution in [0.15, 0.2) is 58.4 Å². The molecular weight excluding hydrogens is 334 g/mol. The van der Waals surface area contributed by atoms with Crippen LogP contribution in [0.2, 0.25) is 0 Å². The zero-order chi connectivity index (χ0) is 17.7. The minimum absolute atomic E-state index is 0.0456. The predicted molar refractivity (Wildman–Crippen MR) is 87.8 cm³/mol. The molecule has 0 bridgehead atoms. The van der Waals surface area contributed by atoms with Crippen molar-refractivity contribution in [3.8, 4) is 0 Å². The lowest BCUT2D eigenvalue weighted by Gasteiger charge is -2.04. The number of hydrogen-bond acceptors (Lipinski definition) is 6. The van der Waals surface area contributed by atoms with Crippen LogP contribution in [0.4, 0.5) is 11.4 Å². The molecule has 124 valence electrons. The monoisotopic (exact) mass is 347 g/mol. The summed E-state index contributed by atoms with van der Waals surface area (Å²) >= 11 is 0. The molecule has 0 aliphatic carbocycles. The van der Waals surface area contributed by atoms with E-state index in [0.717, 1.165) is 6.92 Å². The van der Waals surface area contributed by atoms with Gasteiger partial charge in [0.25, 0.3) is 15.7 Å². The van der Waals surface area contributed by atoms with E-state index in [1.807, 2.05) is 4.72 Å². The molecule has 0 unspecified atom stereocenters. The van der Waals surface area contributed by atoms with Gasteiger partial charge in [-0.25, -0.2) is 13.1 Å². The summed E-state index contributed by atoms with van der Waals surface area (Å²) in [6.45, 7) is 1.11. The lowest BCUT2D eigenvalue weighted by Crippen LogP contribution is -2.28. The molecule has 0 aliphatic rings. The molecule has 1 N–H and O–H groups in total. The highest BCUT2D eigenvalue weighted by Crippen LogP contribution is 2.17. The number of sulfonamides is 1. The van der Waals surface area contributed by atoms with Gasteiger partial charge in [0.15, 0.2) is 0 Å².